The van der Waals surface area contributed by atoms with Crippen LogP contribution in [0.2, 0.25) is 0 Å². The quantitative estimate of drug-likeness (QED) is 0.509. The summed E-state index contributed by atoms with van der Waals surface area (Å²) in [6.45, 7) is 4.78. The second-order valence-electron chi connectivity index (χ2n) is 9.35. The number of ether oxygens (including phenoxy) is 1. The molecule has 1 amide bonds. The Morgan fingerprint density at radius 3 is 2.34 bits per heavy atom. The van der Waals surface area contributed by atoms with Gasteiger partial charge in [-0.2, -0.15) is 0 Å². The largest absolute Gasteiger partial charge is 0.573 e. The van der Waals surface area contributed by atoms with Crippen LogP contribution in [0, 0.1) is 24.2 Å². The van der Waals surface area contributed by atoms with Gasteiger partial charge in [0.1, 0.15) is 17.3 Å². The molecule has 0 unspecified atom stereocenters. The predicted octanol–water partition coefficient (Wildman–Crippen LogP) is 4.98. The Balaban J connectivity index is 1.53. The number of piperidine rings is 1. The molecule has 2 aliphatic rings. The predicted molar refractivity (Wildman–Crippen MR) is 125 cm³/mol. The van der Waals surface area contributed by atoms with E-state index in [1.807, 2.05) is 11.5 Å². The minimum atomic E-state index is -4.76. The van der Waals surface area contributed by atoms with Gasteiger partial charge in [-0.3, -0.25) is 4.79 Å². The maximum atomic E-state index is 13.6. The van der Waals surface area contributed by atoms with Crippen LogP contribution in [-0.2, 0) is 0 Å². The molecule has 4 rings (SSSR count). The van der Waals surface area contributed by atoms with Crippen molar-refractivity contribution in [3.05, 3.63) is 35.7 Å². The van der Waals surface area contributed by atoms with Crippen molar-refractivity contribution in [3.63, 3.8) is 0 Å². The molecule has 1 aliphatic carbocycles. The summed E-state index contributed by atoms with van der Waals surface area (Å²) in [5, 5.41) is 17.9. The Morgan fingerprint density at radius 1 is 1.20 bits per heavy atom. The summed E-state index contributed by atoms with van der Waals surface area (Å²) in [5.41, 5.74) is 2.30. The lowest BCUT2D eigenvalue weighted by atomic mass is 9.84. The van der Waals surface area contributed by atoms with E-state index in [-0.39, 0.29) is 36.1 Å². The van der Waals surface area contributed by atoms with Gasteiger partial charge in [-0.25, -0.2) is 4.98 Å². The Labute approximate surface area is 202 Å². The number of aromatic nitrogens is 2. The summed E-state index contributed by atoms with van der Waals surface area (Å²) >= 11 is 0. The van der Waals surface area contributed by atoms with Gasteiger partial charge in [-0.1, -0.05) is 6.92 Å². The lowest BCUT2D eigenvalue weighted by Gasteiger charge is -2.34. The molecule has 1 aromatic carbocycles. The third kappa shape index (κ3) is 5.52. The molecule has 1 atom stereocenters. The number of nitrogens with one attached hydrogen (secondary N) is 1. The van der Waals surface area contributed by atoms with Crippen molar-refractivity contribution >= 4 is 11.6 Å². The van der Waals surface area contributed by atoms with Crippen molar-refractivity contribution in [2.45, 2.75) is 58.4 Å². The van der Waals surface area contributed by atoms with Gasteiger partial charge in [0.15, 0.2) is 0 Å². The highest BCUT2D eigenvalue weighted by molar-refractivity contribution is 5.95. The van der Waals surface area contributed by atoms with Crippen molar-refractivity contribution in [1.29, 1.82) is 5.41 Å². The molecule has 35 heavy (non-hydrogen) atoms. The lowest BCUT2D eigenvalue weighted by Crippen LogP contribution is -2.42. The van der Waals surface area contributed by atoms with Gasteiger partial charge >= 0.3 is 6.36 Å². The number of carbonyl (C=O) groups is 1. The molecule has 1 saturated heterocycles. The summed E-state index contributed by atoms with van der Waals surface area (Å²) in [6.07, 6.45) is -0.837. The first kappa shape index (κ1) is 25.2. The number of carbonyl (C=O) groups excluding carboxylic acids is 1. The highest BCUT2D eigenvalue weighted by Crippen LogP contribution is 2.41. The van der Waals surface area contributed by atoms with Crippen LogP contribution in [0.3, 0.4) is 0 Å². The van der Waals surface area contributed by atoms with E-state index in [1.165, 1.54) is 24.3 Å². The van der Waals surface area contributed by atoms with E-state index in [4.69, 9.17) is 5.41 Å². The minimum Gasteiger partial charge on any atom is -0.406 e. The highest BCUT2D eigenvalue weighted by atomic mass is 19.4. The number of imidazole rings is 1. The first-order chi connectivity index (χ1) is 16.6. The summed E-state index contributed by atoms with van der Waals surface area (Å²) < 4.78 is 43.4. The normalized spacial score (nSPS) is 17.9. The third-order valence-corrected chi connectivity index (χ3v) is 6.92. The van der Waals surface area contributed by atoms with E-state index in [0.29, 0.717) is 54.4 Å². The molecular formula is C25H31F3N4O3. The molecule has 0 spiro atoms. The molecule has 2 aromatic rings. The first-order valence-electron chi connectivity index (χ1n) is 12.1. The summed E-state index contributed by atoms with van der Waals surface area (Å²) in [4.78, 5) is 20.0. The number of halogens is 3. The van der Waals surface area contributed by atoms with Gasteiger partial charge in [0.2, 0.25) is 0 Å². The van der Waals surface area contributed by atoms with Gasteiger partial charge in [-0.05, 0) is 63.3 Å². The molecule has 1 aromatic heterocycles. The average Bonchev–Trinajstić information content (AvgIpc) is 3.61. The maximum absolute atomic E-state index is 13.6. The Morgan fingerprint density at radius 2 is 1.83 bits per heavy atom. The van der Waals surface area contributed by atoms with Crippen molar-refractivity contribution in [2.75, 3.05) is 19.7 Å². The fourth-order valence-corrected chi connectivity index (χ4v) is 4.83. The number of alkyl halides is 3. The molecule has 2 heterocycles. The van der Waals surface area contributed by atoms with Crippen LogP contribution in [0.25, 0.3) is 11.4 Å². The number of rotatable bonds is 8. The van der Waals surface area contributed by atoms with E-state index >= 15 is 0 Å². The van der Waals surface area contributed by atoms with Gasteiger partial charge in [0.05, 0.1) is 12.3 Å². The number of amides is 1. The van der Waals surface area contributed by atoms with Crippen molar-refractivity contribution < 1.29 is 27.8 Å². The smallest absolute Gasteiger partial charge is 0.406 e. The number of aryl methyl sites for hydroxylation is 1. The zero-order chi connectivity index (χ0) is 25.3. The van der Waals surface area contributed by atoms with Crippen molar-refractivity contribution in [3.8, 4) is 17.1 Å². The number of hydrogen-bond acceptors (Lipinski definition) is 5. The zero-order valence-corrected chi connectivity index (χ0v) is 19.9. The van der Waals surface area contributed by atoms with Crippen LogP contribution in [0.1, 0.15) is 61.3 Å². The number of aliphatic hydroxyl groups is 1. The standard InChI is InChI=1S/C25H31F3N4O3/c1-3-16(14-33)21(29)17-10-12-31(13-11-17)24(34)22-15(2)30-23(32(22)19-6-7-19)18-4-8-20(9-5-18)35-25(26,27)28/h4-5,8-9,16-17,19,29,33H,3,6-7,10-14H2,1-2H3/t16-/m1/s1. The molecule has 0 radical (unpaired) electrons. The molecule has 1 aliphatic heterocycles. The number of hydrogen-bond donors (Lipinski definition) is 2. The lowest BCUT2D eigenvalue weighted by molar-refractivity contribution is -0.274. The van der Waals surface area contributed by atoms with Crippen LogP contribution in [0.5, 0.6) is 5.75 Å². The van der Waals surface area contributed by atoms with Crippen molar-refractivity contribution in [2.24, 2.45) is 11.8 Å². The number of benzene rings is 1. The zero-order valence-electron chi connectivity index (χ0n) is 19.9. The Hall–Kier alpha value is -2.88. The molecule has 2 N–H and O–H groups in total. The van der Waals surface area contributed by atoms with Gasteiger partial charge in [0, 0.05) is 42.2 Å². The van der Waals surface area contributed by atoms with Crippen LogP contribution < -0.4 is 4.74 Å². The number of likely N-dealkylation sites (tertiary alicyclic amines) is 1. The fourth-order valence-electron chi connectivity index (χ4n) is 4.83. The van der Waals surface area contributed by atoms with Crippen LogP contribution in [-0.4, -0.2) is 57.2 Å². The summed E-state index contributed by atoms with van der Waals surface area (Å²) in [5.74, 6) is 0.0928. The topological polar surface area (TPSA) is 91.4 Å². The monoisotopic (exact) mass is 492 g/mol. The maximum Gasteiger partial charge on any atom is 0.573 e. The fraction of sp³-hybridized carbons (Fsp3) is 0.560. The molecule has 2 fully saturated rings. The molecule has 0 bridgehead atoms. The van der Waals surface area contributed by atoms with Gasteiger partial charge < -0.3 is 24.7 Å². The molecule has 7 nitrogen and oxygen atoms in total. The van der Waals surface area contributed by atoms with Crippen LogP contribution in [0.4, 0.5) is 13.2 Å². The summed E-state index contributed by atoms with van der Waals surface area (Å²) in [6, 6.07) is 5.69. The van der Waals surface area contributed by atoms with Gasteiger partial charge in [0.25, 0.3) is 5.91 Å². The van der Waals surface area contributed by atoms with E-state index < -0.39 is 6.36 Å². The second kappa shape index (κ2) is 10.0. The number of aliphatic hydroxyl groups excluding tert-OH is 1. The third-order valence-electron chi connectivity index (χ3n) is 6.92. The molecule has 1 saturated carbocycles. The average molecular weight is 493 g/mol. The first-order valence-corrected chi connectivity index (χ1v) is 12.1. The van der Waals surface area contributed by atoms with E-state index in [0.717, 1.165) is 19.3 Å². The van der Waals surface area contributed by atoms with Gasteiger partial charge in [-0.15, -0.1) is 13.2 Å². The number of nitrogens with zero attached hydrogens (tertiary/aromatic N) is 3. The molecule has 190 valence electrons. The highest BCUT2D eigenvalue weighted by Gasteiger charge is 2.36. The van der Waals surface area contributed by atoms with Crippen LogP contribution in [0.15, 0.2) is 24.3 Å². The van der Waals surface area contributed by atoms with E-state index in [9.17, 15) is 23.1 Å². The van der Waals surface area contributed by atoms with Crippen molar-refractivity contribution in [1.82, 2.24) is 14.5 Å². The summed E-state index contributed by atoms with van der Waals surface area (Å²) in [7, 11) is 0. The Kier molecular flexibility index (Phi) is 7.21. The SMILES string of the molecule is CC[C@H](CO)C(=N)C1CCN(C(=O)c2c(C)nc(-c3ccc(OC(F)(F)F)cc3)n2C2CC2)CC1. The second-order valence-corrected chi connectivity index (χ2v) is 9.35. The van der Waals surface area contributed by atoms with E-state index in [2.05, 4.69) is 9.72 Å². The molecule has 10 heteroatoms. The van der Waals surface area contributed by atoms with E-state index in [1.54, 1.807) is 11.8 Å². The Bertz CT molecular complexity index is 1060. The molecular weight excluding hydrogens is 461 g/mol. The van der Waals surface area contributed by atoms with Crippen LogP contribution >= 0.6 is 0 Å². The minimum absolute atomic E-state index is 0.0274.